The van der Waals surface area contributed by atoms with E-state index in [0.717, 1.165) is 63.5 Å². The predicted molar refractivity (Wildman–Crippen MR) is 115 cm³/mol. The highest BCUT2D eigenvalue weighted by Gasteiger charge is 2.21. The van der Waals surface area contributed by atoms with Crippen molar-refractivity contribution in [3.05, 3.63) is 18.0 Å². The zero-order chi connectivity index (χ0) is 17.5. The van der Waals surface area contributed by atoms with Crippen LogP contribution in [0.4, 0.5) is 0 Å². The van der Waals surface area contributed by atoms with Crippen molar-refractivity contribution in [1.29, 1.82) is 0 Å². The minimum atomic E-state index is 0. The Morgan fingerprint density at radius 3 is 2.65 bits per heavy atom. The summed E-state index contributed by atoms with van der Waals surface area (Å²) in [5.41, 5.74) is 1.01. The van der Waals surface area contributed by atoms with E-state index in [9.17, 15) is 0 Å². The second kappa shape index (κ2) is 11.1. The summed E-state index contributed by atoms with van der Waals surface area (Å²) >= 11 is 0. The Kier molecular flexibility index (Phi) is 9.13. The van der Waals surface area contributed by atoms with E-state index in [0.29, 0.717) is 0 Å². The number of halogens is 1. The molecule has 0 bridgehead atoms. The Morgan fingerprint density at radius 1 is 1.31 bits per heavy atom. The van der Waals surface area contributed by atoms with Crippen LogP contribution in [0.3, 0.4) is 0 Å². The van der Waals surface area contributed by atoms with Gasteiger partial charge in [-0.3, -0.25) is 9.89 Å². The monoisotopic (exact) mass is 476 g/mol. The van der Waals surface area contributed by atoms with E-state index in [-0.39, 0.29) is 24.0 Å². The van der Waals surface area contributed by atoms with Crippen molar-refractivity contribution in [2.24, 2.45) is 4.99 Å². The number of piperazine rings is 1. The van der Waals surface area contributed by atoms with Gasteiger partial charge < -0.3 is 19.6 Å². The van der Waals surface area contributed by atoms with Crippen LogP contribution in [0, 0.1) is 0 Å². The number of likely N-dealkylation sites (N-methyl/N-ethyl adjacent to an activating group) is 1. The SMILES string of the molecule is CN=C(NCCN(C)C1CCCC1)N1CCN(Cc2ccon2)CC1.I. The van der Waals surface area contributed by atoms with Crippen LogP contribution in [-0.4, -0.2) is 85.2 Å². The second-order valence-corrected chi connectivity index (χ2v) is 7.15. The molecule has 1 aromatic heterocycles. The lowest BCUT2D eigenvalue weighted by Crippen LogP contribution is -2.53. The maximum atomic E-state index is 4.91. The number of guanidine groups is 1. The van der Waals surface area contributed by atoms with E-state index >= 15 is 0 Å². The first-order valence-corrected chi connectivity index (χ1v) is 9.53. The van der Waals surface area contributed by atoms with Gasteiger partial charge in [0.15, 0.2) is 5.96 Å². The van der Waals surface area contributed by atoms with Crippen LogP contribution in [0.25, 0.3) is 0 Å². The Hall–Kier alpha value is -0.870. The van der Waals surface area contributed by atoms with Crippen molar-refractivity contribution in [1.82, 2.24) is 25.2 Å². The van der Waals surface area contributed by atoms with Gasteiger partial charge in [-0.15, -0.1) is 24.0 Å². The first-order chi connectivity index (χ1) is 12.3. The lowest BCUT2D eigenvalue weighted by Gasteiger charge is -2.36. The summed E-state index contributed by atoms with van der Waals surface area (Å²) in [5, 5.41) is 7.54. The van der Waals surface area contributed by atoms with Gasteiger partial charge in [0.05, 0.1) is 5.69 Å². The van der Waals surface area contributed by atoms with Gasteiger partial charge in [-0.05, 0) is 19.9 Å². The molecule has 0 aromatic carbocycles. The number of aliphatic imine (C=N–C) groups is 1. The maximum Gasteiger partial charge on any atom is 0.193 e. The Bertz CT molecular complexity index is 524. The zero-order valence-electron chi connectivity index (χ0n) is 16.1. The Morgan fingerprint density at radius 2 is 2.04 bits per heavy atom. The molecule has 7 nitrogen and oxygen atoms in total. The van der Waals surface area contributed by atoms with Crippen LogP contribution in [0.15, 0.2) is 21.8 Å². The number of rotatable bonds is 6. The van der Waals surface area contributed by atoms with Crippen molar-refractivity contribution in [3.8, 4) is 0 Å². The fraction of sp³-hybridized carbons (Fsp3) is 0.778. The molecular weight excluding hydrogens is 443 g/mol. The van der Waals surface area contributed by atoms with E-state index in [1.807, 2.05) is 13.1 Å². The van der Waals surface area contributed by atoms with Crippen LogP contribution in [0.5, 0.6) is 0 Å². The third kappa shape index (κ3) is 6.09. The molecule has 0 atom stereocenters. The van der Waals surface area contributed by atoms with Gasteiger partial charge in [0.1, 0.15) is 6.26 Å². The largest absolute Gasteiger partial charge is 0.364 e. The summed E-state index contributed by atoms with van der Waals surface area (Å²) in [6.07, 6.45) is 7.14. The topological polar surface area (TPSA) is 60.1 Å². The molecule has 0 spiro atoms. The molecule has 1 aliphatic heterocycles. The van der Waals surface area contributed by atoms with Crippen LogP contribution in [-0.2, 0) is 6.54 Å². The Balaban J connectivity index is 0.00000243. The number of nitrogens with zero attached hydrogens (tertiary/aromatic N) is 5. The van der Waals surface area contributed by atoms with Crippen LogP contribution in [0.2, 0.25) is 0 Å². The van der Waals surface area contributed by atoms with Gasteiger partial charge in [-0.25, -0.2) is 0 Å². The van der Waals surface area contributed by atoms with Crippen molar-refractivity contribution in [2.45, 2.75) is 38.3 Å². The molecule has 1 saturated heterocycles. The van der Waals surface area contributed by atoms with Gasteiger partial charge >= 0.3 is 0 Å². The fourth-order valence-electron chi connectivity index (χ4n) is 3.87. The maximum absolute atomic E-state index is 4.91. The molecule has 26 heavy (non-hydrogen) atoms. The molecule has 1 aliphatic carbocycles. The highest BCUT2D eigenvalue weighted by Crippen LogP contribution is 2.21. The molecule has 0 radical (unpaired) electrons. The van der Waals surface area contributed by atoms with Crippen LogP contribution < -0.4 is 5.32 Å². The molecule has 8 heteroatoms. The minimum absolute atomic E-state index is 0. The first kappa shape index (κ1) is 21.4. The average Bonchev–Trinajstić information content (AvgIpc) is 3.33. The predicted octanol–water partition coefficient (Wildman–Crippen LogP) is 1.86. The summed E-state index contributed by atoms with van der Waals surface area (Å²) in [5.74, 6) is 1.03. The second-order valence-electron chi connectivity index (χ2n) is 7.15. The van der Waals surface area contributed by atoms with Crippen molar-refractivity contribution in [3.63, 3.8) is 0 Å². The minimum Gasteiger partial charge on any atom is -0.364 e. The fourth-order valence-corrected chi connectivity index (χ4v) is 3.87. The molecule has 2 heterocycles. The highest BCUT2D eigenvalue weighted by molar-refractivity contribution is 14.0. The van der Waals surface area contributed by atoms with Crippen LogP contribution >= 0.6 is 24.0 Å². The van der Waals surface area contributed by atoms with E-state index in [1.165, 1.54) is 25.7 Å². The molecule has 1 saturated carbocycles. The summed E-state index contributed by atoms with van der Waals surface area (Å²) in [6, 6.07) is 2.72. The van der Waals surface area contributed by atoms with E-state index in [1.54, 1.807) is 6.26 Å². The van der Waals surface area contributed by atoms with Gasteiger partial charge in [0, 0.05) is 65.0 Å². The van der Waals surface area contributed by atoms with Gasteiger partial charge in [0.2, 0.25) is 0 Å². The van der Waals surface area contributed by atoms with Gasteiger partial charge in [-0.1, -0.05) is 18.0 Å². The average molecular weight is 476 g/mol. The van der Waals surface area contributed by atoms with Crippen LogP contribution in [0.1, 0.15) is 31.4 Å². The smallest absolute Gasteiger partial charge is 0.193 e. The highest BCUT2D eigenvalue weighted by atomic mass is 127. The van der Waals surface area contributed by atoms with E-state index in [2.05, 4.69) is 37.2 Å². The normalized spacial score (nSPS) is 19.8. The molecular formula is C18H33IN6O. The molecule has 2 fully saturated rings. The Labute approximate surface area is 174 Å². The number of hydrogen-bond acceptors (Lipinski definition) is 5. The van der Waals surface area contributed by atoms with E-state index < -0.39 is 0 Å². The molecule has 1 aromatic rings. The van der Waals surface area contributed by atoms with E-state index in [4.69, 9.17) is 4.52 Å². The lowest BCUT2D eigenvalue weighted by molar-refractivity contribution is 0.168. The lowest BCUT2D eigenvalue weighted by atomic mass is 10.2. The molecule has 3 rings (SSSR count). The summed E-state index contributed by atoms with van der Waals surface area (Å²) in [4.78, 5) is 11.7. The number of nitrogens with one attached hydrogen (secondary N) is 1. The summed E-state index contributed by atoms with van der Waals surface area (Å²) in [7, 11) is 4.13. The van der Waals surface area contributed by atoms with Crippen molar-refractivity contribution >= 4 is 29.9 Å². The zero-order valence-corrected chi connectivity index (χ0v) is 18.4. The van der Waals surface area contributed by atoms with Crippen molar-refractivity contribution < 1.29 is 4.52 Å². The molecule has 0 amide bonds. The van der Waals surface area contributed by atoms with Gasteiger partial charge in [-0.2, -0.15) is 0 Å². The third-order valence-electron chi connectivity index (χ3n) is 5.46. The van der Waals surface area contributed by atoms with Crippen molar-refractivity contribution in [2.75, 3.05) is 53.4 Å². The standard InChI is InChI=1S/C18H32N6O.HI/c1-19-18(20-8-9-22(2)17-5-3-4-6-17)24-12-10-23(11-13-24)15-16-7-14-25-21-16;/h7,14,17H,3-6,8-13,15H2,1-2H3,(H,19,20);1H. The molecule has 1 N–H and O–H groups in total. The number of hydrogen-bond donors (Lipinski definition) is 1. The molecule has 148 valence electrons. The third-order valence-corrected chi connectivity index (χ3v) is 5.46. The quantitative estimate of drug-likeness (QED) is 0.385. The first-order valence-electron chi connectivity index (χ1n) is 9.53. The van der Waals surface area contributed by atoms with Gasteiger partial charge in [0.25, 0.3) is 0 Å². The number of aromatic nitrogens is 1. The molecule has 2 aliphatic rings. The molecule has 0 unspecified atom stereocenters. The summed E-state index contributed by atoms with van der Waals surface area (Å²) in [6.45, 7) is 6.94. The summed E-state index contributed by atoms with van der Waals surface area (Å²) < 4.78 is 4.91.